The lowest BCUT2D eigenvalue weighted by Crippen LogP contribution is -2.55. The zero-order valence-electron chi connectivity index (χ0n) is 19.0. The van der Waals surface area contributed by atoms with E-state index in [1.165, 1.54) is 12.1 Å². The Kier molecular flexibility index (Phi) is 5.56. The van der Waals surface area contributed by atoms with Gasteiger partial charge in [-0.1, -0.05) is 38.1 Å². The molecule has 0 spiro atoms. The van der Waals surface area contributed by atoms with Gasteiger partial charge in [-0.15, -0.1) is 0 Å². The molecule has 6 atom stereocenters. The molecule has 2 amide bonds. The SMILES string of the molecule is CC(C)[C@H]1C[C@@H]2C(=O)N(c3cccc(B(O)O)c3)C(=O)[C@@H]2[C@@H]2C[C@@H](c3ccc(O)cc3)O[C@]12O. The standard InChI is InChI=1S/C25H28BNO7/c1-13(2)19-11-18-22(20-12-21(34-25(19,20)31)14-6-8-17(28)9-7-14)24(30)27(23(18)29)16-5-3-4-15(10-16)26(32)33/h3-10,13,18-22,28,31-33H,11-12H2,1-2H3/t18-,19+,20-,21-,22-,25+/m0/s1. The summed E-state index contributed by atoms with van der Waals surface area (Å²) in [7, 11) is -1.72. The van der Waals surface area contributed by atoms with E-state index in [-0.39, 0.29) is 34.6 Å². The van der Waals surface area contributed by atoms with Crippen LogP contribution in [0.4, 0.5) is 5.69 Å². The number of anilines is 1. The Morgan fingerprint density at radius 2 is 1.76 bits per heavy atom. The molecule has 2 aromatic carbocycles. The number of aromatic hydroxyl groups is 1. The van der Waals surface area contributed by atoms with Crippen molar-refractivity contribution < 1.29 is 34.6 Å². The summed E-state index contributed by atoms with van der Waals surface area (Å²) in [4.78, 5) is 28.3. The van der Waals surface area contributed by atoms with E-state index in [0.717, 1.165) is 10.5 Å². The Labute approximate surface area is 197 Å². The van der Waals surface area contributed by atoms with E-state index < -0.39 is 42.7 Å². The molecule has 3 aliphatic rings. The van der Waals surface area contributed by atoms with Crippen molar-refractivity contribution in [3.8, 4) is 5.75 Å². The van der Waals surface area contributed by atoms with Crippen LogP contribution in [0.25, 0.3) is 0 Å². The van der Waals surface area contributed by atoms with Crippen LogP contribution in [0.1, 0.15) is 38.4 Å². The number of ether oxygens (including phenoxy) is 1. The number of imide groups is 1. The zero-order valence-corrected chi connectivity index (χ0v) is 19.0. The number of carbonyl (C=O) groups excluding carboxylic acids is 2. The Hall–Kier alpha value is -2.72. The number of phenols is 1. The summed E-state index contributed by atoms with van der Waals surface area (Å²) in [6, 6.07) is 12.7. The molecule has 8 nitrogen and oxygen atoms in total. The summed E-state index contributed by atoms with van der Waals surface area (Å²) in [6.07, 6.45) is 0.218. The lowest BCUT2D eigenvalue weighted by atomic mass is 9.62. The van der Waals surface area contributed by atoms with Crippen LogP contribution < -0.4 is 10.4 Å². The minimum atomic E-state index is -1.72. The number of benzene rings is 2. The van der Waals surface area contributed by atoms with Crippen molar-refractivity contribution in [3.05, 3.63) is 54.1 Å². The summed E-state index contributed by atoms with van der Waals surface area (Å²) in [6.45, 7) is 3.95. The molecule has 2 saturated heterocycles. The van der Waals surface area contributed by atoms with Gasteiger partial charge in [-0.2, -0.15) is 0 Å². The molecule has 4 N–H and O–H groups in total. The Bertz CT molecular complexity index is 1120. The first-order chi connectivity index (χ1) is 16.1. The predicted molar refractivity (Wildman–Crippen MR) is 124 cm³/mol. The molecule has 0 aromatic heterocycles. The van der Waals surface area contributed by atoms with Gasteiger partial charge in [0.1, 0.15) is 5.75 Å². The molecule has 1 aliphatic carbocycles. The minimum Gasteiger partial charge on any atom is -0.508 e. The maximum Gasteiger partial charge on any atom is 0.488 e. The number of hydrogen-bond donors (Lipinski definition) is 4. The molecule has 5 rings (SSSR count). The predicted octanol–water partition coefficient (Wildman–Crippen LogP) is 1.32. The van der Waals surface area contributed by atoms with Gasteiger partial charge in [-0.25, -0.2) is 0 Å². The highest BCUT2D eigenvalue weighted by atomic mass is 16.6. The van der Waals surface area contributed by atoms with Gasteiger partial charge in [0.15, 0.2) is 5.79 Å². The van der Waals surface area contributed by atoms with Crippen molar-refractivity contribution >= 4 is 30.1 Å². The summed E-state index contributed by atoms with van der Waals surface area (Å²) >= 11 is 0. The fourth-order valence-corrected chi connectivity index (χ4v) is 6.14. The van der Waals surface area contributed by atoms with Gasteiger partial charge in [0.2, 0.25) is 11.8 Å². The molecule has 34 heavy (non-hydrogen) atoms. The van der Waals surface area contributed by atoms with E-state index in [4.69, 9.17) is 4.74 Å². The molecule has 9 heteroatoms. The van der Waals surface area contributed by atoms with Crippen LogP contribution in [0.15, 0.2) is 48.5 Å². The summed E-state index contributed by atoms with van der Waals surface area (Å²) in [5.74, 6) is -4.41. The third-order valence-corrected chi connectivity index (χ3v) is 7.78. The Balaban J connectivity index is 1.53. The van der Waals surface area contributed by atoms with Crippen LogP contribution in [0.3, 0.4) is 0 Å². The van der Waals surface area contributed by atoms with Crippen molar-refractivity contribution in [2.24, 2.45) is 29.6 Å². The molecule has 2 aliphatic heterocycles. The van der Waals surface area contributed by atoms with E-state index >= 15 is 0 Å². The fourth-order valence-electron chi connectivity index (χ4n) is 6.14. The van der Waals surface area contributed by atoms with Crippen LogP contribution in [0.2, 0.25) is 0 Å². The topological polar surface area (TPSA) is 128 Å². The molecule has 1 saturated carbocycles. The maximum atomic E-state index is 13.7. The second-order valence-corrected chi connectivity index (χ2v) is 9.99. The second-order valence-electron chi connectivity index (χ2n) is 9.99. The van der Waals surface area contributed by atoms with E-state index in [0.29, 0.717) is 12.8 Å². The lowest BCUT2D eigenvalue weighted by molar-refractivity contribution is -0.276. The number of amides is 2. The van der Waals surface area contributed by atoms with Crippen molar-refractivity contribution in [2.45, 2.75) is 38.6 Å². The van der Waals surface area contributed by atoms with Crippen molar-refractivity contribution in [1.82, 2.24) is 0 Å². The number of aliphatic hydroxyl groups is 1. The summed E-state index contributed by atoms with van der Waals surface area (Å²) in [5.41, 5.74) is 1.26. The number of phenolic OH excluding ortho intramolecular Hbond substituents is 1. The van der Waals surface area contributed by atoms with E-state index in [2.05, 4.69) is 0 Å². The van der Waals surface area contributed by atoms with Crippen LogP contribution in [0.5, 0.6) is 5.75 Å². The van der Waals surface area contributed by atoms with Crippen LogP contribution in [-0.2, 0) is 14.3 Å². The fraction of sp³-hybridized carbons (Fsp3) is 0.440. The third kappa shape index (κ3) is 3.46. The largest absolute Gasteiger partial charge is 0.508 e. The van der Waals surface area contributed by atoms with Crippen molar-refractivity contribution in [2.75, 3.05) is 4.90 Å². The highest BCUT2D eigenvalue weighted by Gasteiger charge is 2.67. The number of carbonyl (C=O) groups is 2. The average molecular weight is 465 g/mol. The average Bonchev–Trinajstić information content (AvgIpc) is 3.27. The van der Waals surface area contributed by atoms with Gasteiger partial charge >= 0.3 is 7.12 Å². The first-order valence-corrected chi connectivity index (χ1v) is 11.6. The minimum absolute atomic E-state index is 0.0110. The molecule has 3 fully saturated rings. The quantitative estimate of drug-likeness (QED) is 0.396. The van der Waals surface area contributed by atoms with Gasteiger partial charge < -0.3 is 25.0 Å². The van der Waals surface area contributed by atoms with Gasteiger partial charge in [0, 0.05) is 11.8 Å². The number of rotatable bonds is 4. The zero-order chi connectivity index (χ0) is 24.4. The third-order valence-electron chi connectivity index (χ3n) is 7.78. The van der Waals surface area contributed by atoms with Gasteiger partial charge in [0.25, 0.3) is 0 Å². The molecule has 2 heterocycles. The first kappa shape index (κ1) is 23.0. The highest BCUT2D eigenvalue weighted by molar-refractivity contribution is 6.58. The Morgan fingerprint density at radius 1 is 1.06 bits per heavy atom. The second kappa shape index (κ2) is 8.20. The Morgan fingerprint density at radius 3 is 2.41 bits per heavy atom. The van der Waals surface area contributed by atoms with E-state index in [1.54, 1.807) is 36.4 Å². The van der Waals surface area contributed by atoms with E-state index in [9.17, 15) is 29.9 Å². The number of hydrogen-bond acceptors (Lipinski definition) is 7. The molecule has 0 radical (unpaired) electrons. The number of nitrogens with zero attached hydrogens (tertiary/aromatic N) is 1. The highest BCUT2D eigenvalue weighted by Crippen LogP contribution is 2.59. The van der Waals surface area contributed by atoms with E-state index in [1.807, 2.05) is 13.8 Å². The van der Waals surface area contributed by atoms with Crippen LogP contribution >= 0.6 is 0 Å². The van der Waals surface area contributed by atoms with Crippen molar-refractivity contribution in [3.63, 3.8) is 0 Å². The summed E-state index contributed by atoms with van der Waals surface area (Å²) in [5, 5.41) is 40.5. The maximum absolute atomic E-state index is 13.7. The molecule has 0 unspecified atom stereocenters. The summed E-state index contributed by atoms with van der Waals surface area (Å²) < 4.78 is 6.26. The lowest BCUT2D eigenvalue weighted by Gasteiger charge is -2.46. The van der Waals surface area contributed by atoms with Crippen molar-refractivity contribution in [1.29, 1.82) is 0 Å². The van der Waals surface area contributed by atoms with Crippen LogP contribution in [-0.4, -0.2) is 45.0 Å². The number of fused-ring (bicyclic) bond motifs is 3. The molecule has 0 bridgehead atoms. The van der Waals surface area contributed by atoms with Gasteiger partial charge in [0.05, 0.1) is 23.6 Å². The monoisotopic (exact) mass is 465 g/mol. The van der Waals surface area contributed by atoms with Gasteiger partial charge in [-0.05, 0) is 54.1 Å². The molecule has 178 valence electrons. The first-order valence-electron chi connectivity index (χ1n) is 11.6. The van der Waals surface area contributed by atoms with Gasteiger partial charge in [-0.3, -0.25) is 14.5 Å². The van der Waals surface area contributed by atoms with Crippen LogP contribution in [0, 0.1) is 29.6 Å². The molecular formula is C25H28BNO7. The molecule has 2 aromatic rings. The molecular weight excluding hydrogens is 437 g/mol. The smallest absolute Gasteiger partial charge is 0.488 e. The normalized spacial score (nSPS) is 32.8.